The third kappa shape index (κ3) is 12.5. The maximum Gasteiger partial charge on any atom is 0.253 e. The number of hydrogen-bond donors (Lipinski definition) is 4. The molecule has 53 heavy (non-hydrogen) atoms. The number of carbonyl (C=O) groups is 2. The summed E-state index contributed by atoms with van der Waals surface area (Å²) in [5.41, 5.74) is 0.829. The zero-order valence-electron chi connectivity index (χ0n) is 28.9. The Kier molecular flexibility index (Phi) is 13.8. The Morgan fingerprint density at radius 2 is 1.25 bits per heavy atom. The van der Waals surface area contributed by atoms with Crippen molar-refractivity contribution in [2.45, 2.75) is 81.6 Å². The van der Waals surface area contributed by atoms with Crippen molar-refractivity contribution in [1.29, 1.82) is 0 Å². The second-order valence-corrected chi connectivity index (χ2v) is 15.0. The molecule has 8 nitrogen and oxygen atoms in total. The highest BCUT2D eigenvalue weighted by Crippen LogP contribution is 2.30. The predicted octanol–water partition coefficient (Wildman–Crippen LogP) is 8.00. The van der Waals surface area contributed by atoms with Crippen molar-refractivity contribution in [2.24, 2.45) is 0 Å². The summed E-state index contributed by atoms with van der Waals surface area (Å²) in [4.78, 5) is 32.8. The van der Waals surface area contributed by atoms with Gasteiger partial charge in [0.2, 0.25) is 0 Å². The Labute approximate surface area is 329 Å². The van der Waals surface area contributed by atoms with Crippen LogP contribution in [0.5, 0.6) is 0 Å². The fraction of sp³-hybridized carbons (Fsp3) is 0.317. The topological polar surface area (TPSA) is 124 Å². The van der Waals surface area contributed by atoms with E-state index < -0.39 is 11.2 Å². The Morgan fingerprint density at radius 3 is 1.72 bits per heavy atom. The van der Waals surface area contributed by atoms with Gasteiger partial charge in [0.1, 0.15) is 21.5 Å². The van der Waals surface area contributed by atoms with Gasteiger partial charge in [-0.2, -0.15) is 0 Å². The molecule has 2 aromatic carbocycles. The van der Waals surface area contributed by atoms with E-state index in [1.807, 2.05) is 24.3 Å². The lowest BCUT2D eigenvalue weighted by Crippen LogP contribution is -2.45. The number of hydrogen-bond acceptors (Lipinski definition) is 6. The summed E-state index contributed by atoms with van der Waals surface area (Å²) in [6, 6.07) is 20.5. The average molecular weight is 793 g/mol. The number of halogens is 4. The summed E-state index contributed by atoms with van der Waals surface area (Å²) >= 11 is 23.6. The first kappa shape index (κ1) is 40.1. The molecule has 6 rings (SSSR count). The molecule has 2 aliphatic rings. The Morgan fingerprint density at radius 1 is 0.717 bits per heavy atom. The van der Waals surface area contributed by atoms with Gasteiger partial charge in [-0.3, -0.25) is 9.59 Å². The molecule has 0 aliphatic heterocycles. The van der Waals surface area contributed by atoms with E-state index in [0.29, 0.717) is 57.7 Å². The molecule has 0 unspecified atom stereocenters. The molecular formula is C41H38Cl4N4O4. The zero-order chi connectivity index (χ0) is 38.0. The number of aromatic nitrogens is 2. The Bertz CT molecular complexity index is 2050. The summed E-state index contributed by atoms with van der Waals surface area (Å²) in [6.07, 6.45) is 6.51. The van der Waals surface area contributed by atoms with Crippen molar-refractivity contribution in [3.63, 3.8) is 0 Å². The van der Waals surface area contributed by atoms with E-state index in [1.165, 1.54) is 12.3 Å². The summed E-state index contributed by atoms with van der Waals surface area (Å²) in [5.74, 6) is 11.5. The number of benzene rings is 2. The van der Waals surface area contributed by atoms with Crippen LogP contribution in [0.1, 0.15) is 88.9 Å². The minimum atomic E-state index is -1.13. The number of rotatable bonds is 4. The zero-order valence-corrected chi connectivity index (χ0v) is 32.0. The van der Waals surface area contributed by atoms with Crippen molar-refractivity contribution in [1.82, 2.24) is 20.6 Å². The molecule has 0 radical (unpaired) electrons. The fourth-order valence-corrected chi connectivity index (χ4v) is 7.04. The minimum Gasteiger partial charge on any atom is -0.378 e. The van der Waals surface area contributed by atoms with Crippen molar-refractivity contribution in [3.8, 4) is 23.7 Å². The number of nitrogens with zero attached hydrogens (tertiary/aromatic N) is 2. The van der Waals surface area contributed by atoms with E-state index >= 15 is 0 Å². The van der Waals surface area contributed by atoms with Gasteiger partial charge in [-0.25, -0.2) is 9.97 Å². The van der Waals surface area contributed by atoms with Crippen LogP contribution in [-0.2, 0) is 0 Å². The van der Waals surface area contributed by atoms with Gasteiger partial charge in [-0.05, 0) is 106 Å². The highest BCUT2D eigenvalue weighted by Gasteiger charge is 2.35. The predicted molar refractivity (Wildman–Crippen MR) is 209 cm³/mol. The second-order valence-electron chi connectivity index (χ2n) is 13.3. The van der Waals surface area contributed by atoms with E-state index in [9.17, 15) is 19.8 Å². The quantitative estimate of drug-likeness (QED) is 0.123. The summed E-state index contributed by atoms with van der Waals surface area (Å²) in [7, 11) is 0. The third-order valence-corrected chi connectivity index (χ3v) is 9.71. The normalized spacial score (nSPS) is 22.0. The van der Waals surface area contributed by atoms with Crippen LogP contribution in [0.25, 0.3) is 0 Å². The molecule has 0 spiro atoms. The first-order chi connectivity index (χ1) is 25.3. The smallest absolute Gasteiger partial charge is 0.253 e. The summed E-state index contributed by atoms with van der Waals surface area (Å²) < 4.78 is 0. The molecule has 2 heterocycles. The molecule has 4 aromatic rings. The monoisotopic (exact) mass is 790 g/mol. The number of nitrogens with one attached hydrogen (secondary N) is 2. The van der Waals surface area contributed by atoms with Crippen LogP contribution in [0.15, 0.2) is 79.0 Å². The largest absolute Gasteiger partial charge is 0.378 e. The van der Waals surface area contributed by atoms with Gasteiger partial charge in [-0.1, -0.05) is 82.2 Å². The molecule has 2 aromatic heterocycles. The van der Waals surface area contributed by atoms with Crippen molar-refractivity contribution >= 4 is 58.2 Å². The average Bonchev–Trinajstić information content (AvgIpc) is 3.10. The standard InChI is InChI=1S/C21H20Cl2N2O2.C20H18Cl2N2O2/c1-14-10-16(12-19(23)24-14)20(26)25-18-6-3-8-21(27,13-18)9-7-15-4-2-5-17(22)11-15;21-16-4-1-3-14(11-16)8-10-20(26)9-2-5-17(12-20)24-19(25)15-6-7-18(22)23-13-15/h2,4-5,10-12,18,27H,3,6,8,13H2,1H3,(H,25,26);1,3-4,6-7,11,13,17,26H,2,5,9,12H2,(H,24,25)/t18-,21+;17-,20+/m00/s1. The van der Waals surface area contributed by atoms with Gasteiger partial charge in [0.05, 0.1) is 5.56 Å². The summed E-state index contributed by atoms with van der Waals surface area (Å²) in [6.45, 7) is 1.79. The van der Waals surface area contributed by atoms with Gasteiger partial charge in [0.25, 0.3) is 11.8 Å². The maximum atomic E-state index is 12.5. The van der Waals surface area contributed by atoms with E-state index in [4.69, 9.17) is 46.4 Å². The number of aliphatic hydroxyl groups is 2. The molecule has 2 aliphatic carbocycles. The Hall–Kier alpha value is -4.12. The molecular weight excluding hydrogens is 754 g/mol. The molecule has 12 heteroatoms. The molecule has 4 N–H and O–H groups in total. The van der Waals surface area contributed by atoms with Crippen LogP contribution in [0.2, 0.25) is 20.4 Å². The molecule has 0 bridgehead atoms. The maximum absolute atomic E-state index is 12.5. The molecule has 4 atom stereocenters. The molecule has 2 amide bonds. The van der Waals surface area contributed by atoms with Crippen LogP contribution >= 0.6 is 46.4 Å². The van der Waals surface area contributed by atoms with Crippen LogP contribution in [-0.4, -0.2) is 55.3 Å². The lowest BCUT2D eigenvalue weighted by atomic mass is 9.82. The van der Waals surface area contributed by atoms with E-state index in [0.717, 1.165) is 36.8 Å². The molecule has 2 saturated carbocycles. The van der Waals surface area contributed by atoms with Crippen molar-refractivity contribution < 1.29 is 19.8 Å². The van der Waals surface area contributed by atoms with E-state index in [-0.39, 0.29) is 29.1 Å². The van der Waals surface area contributed by atoms with Crippen molar-refractivity contribution in [2.75, 3.05) is 0 Å². The van der Waals surface area contributed by atoms with Crippen molar-refractivity contribution in [3.05, 3.63) is 127 Å². The number of pyridine rings is 2. The first-order valence-corrected chi connectivity index (χ1v) is 18.7. The number of amides is 2. The molecule has 0 saturated heterocycles. The lowest BCUT2D eigenvalue weighted by molar-refractivity contribution is 0.0443. The molecule has 274 valence electrons. The highest BCUT2D eigenvalue weighted by molar-refractivity contribution is 6.31. The van der Waals surface area contributed by atoms with Crippen LogP contribution in [0.4, 0.5) is 0 Å². The Balaban J connectivity index is 0.000000204. The minimum absolute atomic E-state index is 0.148. The number of carbonyl (C=O) groups excluding carboxylic acids is 2. The fourth-order valence-electron chi connectivity index (χ4n) is 6.29. The highest BCUT2D eigenvalue weighted by atomic mass is 35.5. The van der Waals surface area contributed by atoms with Gasteiger partial charge in [0.15, 0.2) is 0 Å². The lowest BCUT2D eigenvalue weighted by Gasteiger charge is -2.33. The van der Waals surface area contributed by atoms with Crippen LogP contribution < -0.4 is 10.6 Å². The summed E-state index contributed by atoms with van der Waals surface area (Å²) in [5, 5.41) is 29.4. The molecule has 2 fully saturated rings. The SMILES string of the molecule is Cc1cc(C(=O)N[C@H]2CCC[C@@](O)(C#Cc3cccc(Cl)c3)C2)cc(Cl)n1.O=C(N[C@H]1CCC[C@@](O)(C#Cc2cccc(Cl)c2)C1)c1ccc(Cl)nc1. The third-order valence-electron chi connectivity index (χ3n) is 8.83. The van der Waals surface area contributed by atoms with Crippen LogP contribution in [0.3, 0.4) is 0 Å². The van der Waals surface area contributed by atoms with E-state index in [1.54, 1.807) is 49.4 Å². The van der Waals surface area contributed by atoms with Gasteiger partial charge >= 0.3 is 0 Å². The van der Waals surface area contributed by atoms with Crippen LogP contribution in [0, 0.1) is 30.6 Å². The first-order valence-electron chi connectivity index (χ1n) is 17.2. The van der Waals surface area contributed by atoms with Gasteiger partial charge in [0, 0.05) is 63.6 Å². The number of aryl methyl sites for hydroxylation is 1. The second kappa shape index (κ2) is 18.3. The van der Waals surface area contributed by atoms with E-state index in [2.05, 4.69) is 44.3 Å². The van der Waals surface area contributed by atoms with Gasteiger partial charge in [-0.15, -0.1) is 0 Å². The van der Waals surface area contributed by atoms with Gasteiger partial charge < -0.3 is 20.8 Å².